The predicted molar refractivity (Wildman–Crippen MR) is 86.8 cm³/mol. The SMILES string of the molecule is CC(C)CC(C)(CN)NC(=O)CCSc1ccccc1F. The van der Waals surface area contributed by atoms with Gasteiger partial charge in [-0.15, -0.1) is 11.8 Å². The van der Waals surface area contributed by atoms with Crippen LogP contribution in [-0.2, 0) is 4.79 Å². The van der Waals surface area contributed by atoms with Crippen LogP contribution < -0.4 is 11.1 Å². The van der Waals surface area contributed by atoms with Crippen molar-refractivity contribution in [3.8, 4) is 0 Å². The molecule has 0 bridgehead atoms. The van der Waals surface area contributed by atoms with Gasteiger partial charge in [0.1, 0.15) is 5.82 Å². The smallest absolute Gasteiger partial charge is 0.221 e. The van der Waals surface area contributed by atoms with Crippen molar-refractivity contribution in [1.82, 2.24) is 5.32 Å². The molecule has 118 valence electrons. The monoisotopic (exact) mass is 312 g/mol. The van der Waals surface area contributed by atoms with Gasteiger partial charge in [0.15, 0.2) is 0 Å². The van der Waals surface area contributed by atoms with Gasteiger partial charge in [0.05, 0.1) is 0 Å². The summed E-state index contributed by atoms with van der Waals surface area (Å²) in [7, 11) is 0. The zero-order chi connectivity index (χ0) is 15.9. The molecule has 3 nitrogen and oxygen atoms in total. The first kappa shape index (κ1) is 18.0. The Morgan fingerprint density at radius 1 is 1.43 bits per heavy atom. The molecule has 0 heterocycles. The van der Waals surface area contributed by atoms with Crippen LogP contribution in [0.4, 0.5) is 4.39 Å². The van der Waals surface area contributed by atoms with Crippen LogP contribution >= 0.6 is 11.8 Å². The van der Waals surface area contributed by atoms with Crippen molar-refractivity contribution < 1.29 is 9.18 Å². The number of carbonyl (C=O) groups is 1. The van der Waals surface area contributed by atoms with Crippen LogP contribution in [0.15, 0.2) is 29.2 Å². The lowest BCUT2D eigenvalue weighted by atomic mass is 9.90. The van der Waals surface area contributed by atoms with Crippen LogP contribution in [0, 0.1) is 11.7 Å². The highest BCUT2D eigenvalue weighted by molar-refractivity contribution is 7.99. The Labute approximate surface area is 130 Å². The summed E-state index contributed by atoms with van der Waals surface area (Å²) >= 11 is 1.36. The highest BCUT2D eigenvalue weighted by atomic mass is 32.2. The van der Waals surface area contributed by atoms with Gasteiger partial charge in [-0.2, -0.15) is 0 Å². The number of benzene rings is 1. The second-order valence-corrected chi connectivity index (χ2v) is 7.08. The summed E-state index contributed by atoms with van der Waals surface area (Å²) in [6.45, 7) is 6.59. The van der Waals surface area contributed by atoms with E-state index in [4.69, 9.17) is 5.73 Å². The Balaban J connectivity index is 2.42. The van der Waals surface area contributed by atoms with Crippen LogP contribution in [0.25, 0.3) is 0 Å². The van der Waals surface area contributed by atoms with Gasteiger partial charge in [-0.05, 0) is 31.4 Å². The Morgan fingerprint density at radius 2 is 2.10 bits per heavy atom. The second kappa shape index (κ2) is 8.39. The summed E-state index contributed by atoms with van der Waals surface area (Å²) in [6, 6.07) is 6.60. The van der Waals surface area contributed by atoms with Crippen molar-refractivity contribution in [2.24, 2.45) is 11.7 Å². The van der Waals surface area contributed by atoms with Crippen LogP contribution in [0.5, 0.6) is 0 Å². The lowest BCUT2D eigenvalue weighted by Crippen LogP contribution is -2.52. The second-order valence-electron chi connectivity index (χ2n) is 5.94. The van der Waals surface area contributed by atoms with Crippen LogP contribution in [0.2, 0.25) is 0 Å². The van der Waals surface area contributed by atoms with Gasteiger partial charge in [0.2, 0.25) is 5.91 Å². The van der Waals surface area contributed by atoms with Gasteiger partial charge < -0.3 is 11.1 Å². The number of carbonyl (C=O) groups excluding carboxylic acids is 1. The minimum atomic E-state index is -0.367. The molecule has 5 heteroatoms. The third kappa shape index (κ3) is 6.48. The van der Waals surface area contributed by atoms with E-state index in [-0.39, 0.29) is 17.3 Å². The molecule has 0 saturated carbocycles. The van der Waals surface area contributed by atoms with Gasteiger partial charge in [-0.25, -0.2) is 4.39 Å². The van der Waals surface area contributed by atoms with Gasteiger partial charge in [0, 0.05) is 29.2 Å². The number of amides is 1. The summed E-state index contributed by atoms with van der Waals surface area (Å²) < 4.78 is 13.4. The number of rotatable bonds is 8. The minimum absolute atomic E-state index is 0.0348. The number of hydrogen-bond donors (Lipinski definition) is 2. The zero-order valence-corrected chi connectivity index (χ0v) is 13.8. The van der Waals surface area contributed by atoms with E-state index < -0.39 is 0 Å². The molecule has 0 spiro atoms. The average molecular weight is 312 g/mol. The average Bonchev–Trinajstić information content (AvgIpc) is 2.40. The first-order valence-electron chi connectivity index (χ1n) is 7.25. The molecule has 3 N–H and O–H groups in total. The molecule has 0 aliphatic rings. The third-order valence-electron chi connectivity index (χ3n) is 3.17. The Hall–Kier alpha value is -1.07. The molecule has 0 aromatic heterocycles. The van der Waals surface area contributed by atoms with Crippen molar-refractivity contribution in [1.29, 1.82) is 0 Å². The van der Waals surface area contributed by atoms with Gasteiger partial charge in [-0.1, -0.05) is 26.0 Å². The summed E-state index contributed by atoms with van der Waals surface area (Å²) in [4.78, 5) is 12.6. The van der Waals surface area contributed by atoms with Gasteiger partial charge in [0.25, 0.3) is 0 Å². The molecule has 0 aliphatic carbocycles. The maximum absolute atomic E-state index is 13.4. The molecule has 1 aromatic rings. The summed E-state index contributed by atoms with van der Waals surface area (Å²) in [5, 5.41) is 3.00. The Bertz CT molecular complexity index is 467. The quantitative estimate of drug-likeness (QED) is 0.725. The standard InChI is InChI=1S/C16H25FN2OS/c1-12(2)10-16(3,11-18)19-15(20)8-9-21-14-7-5-4-6-13(14)17/h4-7,12H,8-11,18H2,1-3H3,(H,19,20). The van der Waals surface area contributed by atoms with Crippen molar-refractivity contribution in [3.63, 3.8) is 0 Å². The predicted octanol–water partition coefficient (Wildman–Crippen LogP) is 3.19. The topological polar surface area (TPSA) is 55.1 Å². The third-order valence-corrected chi connectivity index (χ3v) is 4.22. The number of thioether (sulfide) groups is 1. The highest BCUT2D eigenvalue weighted by Gasteiger charge is 2.25. The van der Waals surface area contributed by atoms with Crippen molar-refractivity contribution in [2.45, 2.75) is 44.0 Å². The molecule has 0 aliphatic heterocycles. The summed E-state index contributed by atoms with van der Waals surface area (Å²) in [6.07, 6.45) is 1.20. The minimum Gasteiger partial charge on any atom is -0.350 e. The summed E-state index contributed by atoms with van der Waals surface area (Å²) in [5.41, 5.74) is 5.41. The van der Waals surface area contributed by atoms with E-state index in [1.165, 1.54) is 17.8 Å². The molecule has 0 saturated heterocycles. The van der Waals surface area contributed by atoms with E-state index in [1.54, 1.807) is 18.2 Å². The molecule has 1 amide bonds. The Morgan fingerprint density at radius 3 is 2.67 bits per heavy atom. The van der Waals surface area contributed by atoms with Gasteiger partial charge >= 0.3 is 0 Å². The number of hydrogen-bond acceptors (Lipinski definition) is 3. The number of nitrogens with one attached hydrogen (secondary N) is 1. The van der Waals surface area contributed by atoms with E-state index in [0.717, 1.165) is 6.42 Å². The Kier molecular flexibility index (Phi) is 7.18. The fourth-order valence-corrected chi connectivity index (χ4v) is 3.19. The van der Waals surface area contributed by atoms with Gasteiger partial charge in [-0.3, -0.25) is 4.79 Å². The molecule has 1 unspecified atom stereocenters. The molecular formula is C16H25FN2OS. The van der Waals surface area contributed by atoms with E-state index in [1.807, 2.05) is 6.92 Å². The van der Waals surface area contributed by atoms with E-state index in [2.05, 4.69) is 19.2 Å². The van der Waals surface area contributed by atoms with Crippen molar-refractivity contribution >= 4 is 17.7 Å². The molecule has 1 aromatic carbocycles. The first-order chi connectivity index (χ1) is 9.86. The number of halogens is 1. The molecule has 21 heavy (non-hydrogen) atoms. The van der Waals surface area contributed by atoms with E-state index >= 15 is 0 Å². The first-order valence-corrected chi connectivity index (χ1v) is 8.23. The van der Waals surface area contributed by atoms with Crippen LogP contribution in [-0.4, -0.2) is 23.7 Å². The van der Waals surface area contributed by atoms with Crippen LogP contribution in [0.1, 0.15) is 33.6 Å². The fourth-order valence-electron chi connectivity index (χ4n) is 2.30. The summed E-state index contributed by atoms with van der Waals surface area (Å²) in [5.74, 6) is 0.739. The number of nitrogens with two attached hydrogens (primary N) is 1. The maximum atomic E-state index is 13.4. The van der Waals surface area contributed by atoms with Crippen molar-refractivity contribution in [2.75, 3.05) is 12.3 Å². The lowest BCUT2D eigenvalue weighted by Gasteiger charge is -2.31. The lowest BCUT2D eigenvalue weighted by molar-refractivity contribution is -0.122. The zero-order valence-electron chi connectivity index (χ0n) is 13.0. The maximum Gasteiger partial charge on any atom is 0.221 e. The van der Waals surface area contributed by atoms with E-state index in [0.29, 0.717) is 29.5 Å². The molecule has 0 fully saturated rings. The normalized spacial score (nSPS) is 14.0. The molecule has 0 radical (unpaired) electrons. The molecule has 1 rings (SSSR count). The van der Waals surface area contributed by atoms with Crippen molar-refractivity contribution in [3.05, 3.63) is 30.1 Å². The highest BCUT2D eigenvalue weighted by Crippen LogP contribution is 2.22. The largest absolute Gasteiger partial charge is 0.350 e. The van der Waals surface area contributed by atoms with E-state index in [9.17, 15) is 9.18 Å². The molecule has 1 atom stereocenters. The molecular weight excluding hydrogens is 287 g/mol. The van der Waals surface area contributed by atoms with Crippen LogP contribution in [0.3, 0.4) is 0 Å². The fraction of sp³-hybridized carbons (Fsp3) is 0.562.